The number of benzene rings is 2. The van der Waals surface area contributed by atoms with E-state index in [1.165, 1.54) is 56.4 Å². The lowest BCUT2D eigenvalue weighted by atomic mass is 9.83. The van der Waals surface area contributed by atoms with Crippen molar-refractivity contribution in [1.29, 1.82) is 0 Å². The number of phenols is 1. The normalized spacial score (nSPS) is 17.4. The molecule has 0 unspecified atom stereocenters. The molecule has 0 bridgehead atoms. The summed E-state index contributed by atoms with van der Waals surface area (Å²) in [6.45, 7) is 4.00. The van der Waals surface area contributed by atoms with Crippen molar-refractivity contribution in [3.63, 3.8) is 0 Å². The first-order chi connectivity index (χ1) is 20.3. The Morgan fingerprint density at radius 2 is 1.52 bits per heavy atom. The first kappa shape index (κ1) is 31.4. The monoisotopic (exact) mass is 581 g/mol. The van der Waals surface area contributed by atoms with Gasteiger partial charge in [-0.3, -0.25) is 14.4 Å². The third-order valence-corrected chi connectivity index (χ3v) is 8.38. The predicted molar refractivity (Wildman–Crippen MR) is 161 cm³/mol. The number of anilines is 1. The number of rotatable bonds is 6. The lowest BCUT2D eigenvalue weighted by Gasteiger charge is -2.35. The molecule has 2 saturated heterocycles. The number of amides is 3. The molecule has 3 amide bonds. The summed E-state index contributed by atoms with van der Waals surface area (Å²) in [5, 5.41) is 13.6. The van der Waals surface area contributed by atoms with Crippen LogP contribution >= 0.6 is 0 Å². The van der Waals surface area contributed by atoms with Crippen LogP contribution in [-0.2, 0) is 4.79 Å². The Hall–Kier alpha value is -3.50. The minimum absolute atomic E-state index is 0.120. The lowest BCUT2D eigenvalue weighted by molar-refractivity contribution is -0.118. The van der Waals surface area contributed by atoms with E-state index < -0.39 is 5.82 Å². The van der Waals surface area contributed by atoms with Crippen molar-refractivity contribution in [2.75, 3.05) is 57.8 Å². The Kier molecular flexibility index (Phi) is 11.3. The average Bonchev–Trinajstić information content (AvgIpc) is 3.61. The number of nitrogens with two attached hydrogens (primary N) is 1. The van der Waals surface area contributed by atoms with Crippen molar-refractivity contribution in [3.8, 4) is 5.75 Å². The summed E-state index contributed by atoms with van der Waals surface area (Å²) in [7, 11) is 1.52. The SMILES string of the molecule is C1CCNC1.CN(C(=O)CCN)c1cc(F)cc(C(=O)N2CCN(C(=O)c3ccc(O)c(C4CCCCC4)c3)CC2)c1. The molecule has 2 aromatic rings. The summed E-state index contributed by atoms with van der Waals surface area (Å²) in [5.74, 6) is -0.836. The van der Waals surface area contributed by atoms with E-state index in [0.717, 1.165) is 37.3 Å². The van der Waals surface area contributed by atoms with Gasteiger partial charge in [0.2, 0.25) is 5.91 Å². The molecule has 4 N–H and O–H groups in total. The number of hydrogen-bond acceptors (Lipinski definition) is 6. The number of aromatic hydroxyl groups is 1. The van der Waals surface area contributed by atoms with Gasteiger partial charge in [-0.2, -0.15) is 0 Å². The zero-order valence-corrected chi connectivity index (χ0v) is 24.6. The maximum atomic E-state index is 14.3. The van der Waals surface area contributed by atoms with Crippen molar-refractivity contribution >= 4 is 23.4 Å². The molecular formula is C32H44FN5O4. The lowest BCUT2D eigenvalue weighted by Crippen LogP contribution is -2.50. The smallest absolute Gasteiger partial charge is 0.254 e. The minimum atomic E-state index is -0.608. The number of piperazine rings is 1. The van der Waals surface area contributed by atoms with Gasteiger partial charge < -0.3 is 30.9 Å². The first-order valence-corrected chi connectivity index (χ1v) is 15.2. The van der Waals surface area contributed by atoms with E-state index in [-0.39, 0.29) is 53.6 Å². The van der Waals surface area contributed by atoms with E-state index in [4.69, 9.17) is 5.73 Å². The molecule has 228 valence electrons. The Labute approximate surface area is 247 Å². The van der Waals surface area contributed by atoms with E-state index >= 15 is 0 Å². The summed E-state index contributed by atoms with van der Waals surface area (Å²) in [4.78, 5) is 43.1. The number of hydrogen-bond donors (Lipinski definition) is 3. The van der Waals surface area contributed by atoms with Crippen molar-refractivity contribution in [1.82, 2.24) is 15.1 Å². The molecule has 0 aromatic heterocycles. The molecule has 2 aromatic carbocycles. The van der Waals surface area contributed by atoms with Gasteiger partial charge >= 0.3 is 0 Å². The van der Waals surface area contributed by atoms with Crippen LogP contribution in [0, 0.1) is 5.82 Å². The molecule has 3 aliphatic rings. The summed E-state index contributed by atoms with van der Waals surface area (Å²) < 4.78 is 14.3. The highest BCUT2D eigenvalue weighted by atomic mass is 19.1. The van der Waals surface area contributed by atoms with Crippen LogP contribution in [0.15, 0.2) is 36.4 Å². The third kappa shape index (κ3) is 8.07. The molecule has 2 aliphatic heterocycles. The Morgan fingerprint density at radius 3 is 2.10 bits per heavy atom. The molecule has 1 aliphatic carbocycles. The van der Waals surface area contributed by atoms with Crippen LogP contribution in [-0.4, -0.2) is 85.5 Å². The molecule has 0 atom stereocenters. The van der Waals surface area contributed by atoms with E-state index in [2.05, 4.69) is 5.32 Å². The molecule has 0 radical (unpaired) electrons. The number of nitrogens with one attached hydrogen (secondary N) is 1. The molecule has 10 heteroatoms. The van der Waals surface area contributed by atoms with Gasteiger partial charge in [0.05, 0.1) is 0 Å². The molecule has 9 nitrogen and oxygen atoms in total. The topological polar surface area (TPSA) is 119 Å². The third-order valence-electron chi connectivity index (χ3n) is 8.38. The van der Waals surface area contributed by atoms with Gasteiger partial charge in [-0.15, -0.1) is 0 Å². The van der Waals surface area contributed by atoms with Crippen molar-refractivity contribution in [3.05, 3.63) is 58.9 Å². The standard InChI is InChI=1S/C28H35FN4O4.C4H9N/c1-31(26(35)9-10-30)23-16-21(15-22(29)18-23)28(37)33-13-11-32(12-14-33)27(36)20-7-8-25(34)24(17-20)19-5-3-2-4-6-19;1-2-4-5-3-1/h7-8,15-19,34H,2-6,9-14,30H2,1H3;5H,1-4H2. The van der Waals surface area contributed by atoms with Crippen LogP contribution in [0.25, 0.3) is 0 Å². The van der Waals surface area contributed by atoms with Gasteiger partial charge in [-0.1, -0.05) is 19.3 Å². The zero-order valence-electron chi connectivity index (χ0n) is 24.6. The molecule has 3 fully saturated rings. The average molecular weight is 582 g/mol. The van der Waals surface area contributed by atoms with Gasteiger partial charge in [0, 0.05) is 63.0 Å². The van der Waals surface area contributed by atoms with Gasteiger partial charge in [0.1, 0.15) is 11.6 Å². The summed E-state index contributed by atoms with van der Waals surface area (Å²) in [6, 6.07) is 8.95. The van der Waals surface area contributed by atoms with Gasteiger partial charge in [0.25, 0.3) is 11.8 Å². The Bertz CT molecular complexity index is 1230. The van der Waals surface area contributed by atoms with E-state index in [1.807, 2.05) is 6.07 Å². The van der Waals surface area contributed by atoms with Crippen LogP contribution in [0.2, 0.25) is 0 Å². The number of nitrogens with zero attached hydrogens (tertiary/aromatic N) is 3. The first-order valence-electron chi connectivity index (χ1n) is 15.2. The van der Waals surface area contributed by atoms with Crippen molar-refractivity contribution < 1.29 is 23.9 Å². The highest BCUT2D eigenvalue weighted by Gasteiger charge is 2.28. The van der Waals surface area contributed by atoms with Crippen LogP contribution in [0.3, 0.4) is 0 Å². The fourth-order valence-corrected chi connectivity index (χ4v) is 5.86. The van der Waals surface area contributed by atoms with Gasteiger partial charge in [-0.25, -0.2) is 4.39 Å². The molecule has 5 rings (SSSR count). The van der Waals surface area contributed by atoms with Crippen molar-refractivity contribution in [2.45, 2.75) is 57.3 Å². The summed E-state index contributed by atoms with van der Waals surface area (Å²) in [6.07, 6.45) is 8.40. The molecule has 42 heavy (non-hydrogen) atoms. The molecular weight excluding hydrogens is 537 g/mol. The van der Waals surface area contributed by atoms with Crippen molar-refractivity contribution in [2.24, 2.45) is 5.73 Å². The zero-order chi connectivity index (χ0) is 30.1. The van der Waals surface area contributed by atoms with E-state index in [0.29, 0.717) is 31.7 Å². The van der Waals surface area contributed by atoms with Crippen LogP contribution < -0.4 is 16.0 Å². The Balaban J connectivity index is 0.000000732. The van der Waals surface area contributed by atoms with E-state index in [1.54, 1.807) is 21.9 Å². The maximum absolute atomic E-state index is 14.3. The number of carbonyl (C=O) groups is 3. The largest absolute Gasteiger partial charge is 0.508 e. The molecule has 1 saturated carbocycles. The second-order valence-electron chi connectivity index (χ2n) is 11.3. The number of carbonyl (C=O) groups excluding carboxylic acids is 3. The quantitative estimate of drug-likeness (QED) is 0.477. The van der Waals surface area contributed by atoms with Crippen LogP contribution in [0.5, 0.6) is 5.75 Å². The number of phenolic OH excluding ortho intramolecular Hbond substituents is 1. The maximum Gasteiger partial charge on any atom is 0.254 e. The predicted octanol–water partition coefficient (Wildman–Crippen LogP) is 3.86. The minimum Gasteiger partial charge on any atom is -0.508 e. The van der Waals surface area contributed by atoms with Crippen LogP contribution in [0.1, 0.15) is 83.6 Å². The highest BCUT2D eigenvalue weighted by Crippen LogP contribution is 2.37. The second kappa shape index (κ2) is 15.1. The fraction of sp³-hybridized carbons (Fsp3) is 0.531. The summed E-state index contributed by atoms with van der Waals surface area (Å²) >= 11 is 0. The fourth-order valence-electron chi connectivity index (χ4n) is 5.86. The van der Waals surface area contributed by atoms with E-state index in [9.17, 15) is 23.9 Å². The molecule has 0 spiro atoms. The highest BCUT2D eigenvalue weighted by molar-refractivity contribution is 5.98. The summed E-state index contributed by atoms with van der Waals surface area (Å²) in [5.41, 5.74) is 7.27. The number of halogens is 1. The van der Waals surface area contributed by atoms with Gasteiger partial charge in [-0.05, 0) is 86.7 Å². The van der Waals surface area contributed by atoms with Crippen LogP contribution in [0.4, 0.5) is 10.1 Å². The Morgan fingerprint density at radius 1 is 0.905 bits per heavy atom. The van der Waals surface area contributed by atoms with Gasteiger partial charge in [0.15, 0.2) is 0 Å². The molecule has 2 heterocycles. The second-order valence-corrected chi connectivity index (χ2v) is 11.3.